The summed E-state index contributed by atoms with van der Waals surface area (Å²) in [6.45, 7) is 0. The third-order valence-corrected chi connectivity index (χ3v) is 4.55. The first-order chi connectivity index (χ1) is 8.65. The average Bonchev–Trinajstić information content (AvgIpc) is 2.70. The highest BCUT2D eigenvalue weighted by molar-refractivity contribution is 4.97. The lowest BCUT2D eigenvalue weighted by Crippen LogP contribution is -2.62. The Morgan fingerprint density at radius 2 is 1.44 bits per heavy atom. The van der Waals surface area contributed by atoms with Gasteiger partial charge in [0.2, 0.25) is 0 Å². The molecule has 1 saturated heterocycles. The van der Waals surface area contributed by atoms with Crippen LogP contribution in [-0.2, 0) is 0 Å². The van der Waals surface area contributed by atoms with Gasteiger partial charge in [-0.15, -0.1) is 0 Å². The highest BCUT2D eigenvalue weighted by atomic mass is 16.3. The third kappa shape index (κ3) is 2.29. The Morgan fingerprint density at radius 3 is 1.94 bits per heavy atom. The van der Waals surface area contributed by atoms with Crippen molar-refractivity contribution >= 4 is 0 Å². The molecule has 0 amide bonds. The molecule has 6 nitrogen and oxygen atoms in total. The second kappa shape index (κ2) is 5.03. The minimum atomic E-state index is -0.580. The fourth-order valence-electron chi connectivity index (χ4n) is 3.60. The van der Waals surface area contributed by atoms with Crippen molar-refractivity contribution in [2.24, 2.45) is 5.73 Å². The second-order valence-corrected chi connectivity index (χ2v) is 5.98. The molecule has 4 atom stereocenters. The summed E-state index contributed by atoms with van der Waals surface area (Å²) in [6, 6.07) is 0.481. The smallest absolute Gasteiger partial charge is 0.0918 e. The Morgan fingerprint density at radius 1 is 0.944 bits per heavy atom. The number of nitrogens with two attached hydrogens (primary N) is 1. The quantitative estimate of drug-likeness (QED) is 0.406. The molecule has 0 aromatic rings. The summed E-state index contributed by atoms with van der Waals surface area (Å²) in [4.78, 5) is 0. The summed E-state index contributed by atoms with van der Waals surface area (Å²) < 4.78 is 0. The molecule has 1 aliphatic heterocycles. The summed E-state index contributed by atoms with van der Waals surface area (Å²) in [5.74, 6) is 0. The molecule has 18 heavy (non-hydrogen) atoms. The Kier molecular flexibility index (Phi) is 3.57. The van der Waals surface area contributed by atoms with Crippen LogP contribution in [-0.4, -0.2) is 51.7 Å². The largest absolute Gasteiger partial charge is 0.391 e. The van der Waals surface area contributed by atoms with Crippen molar-refractivity contribution in [1.82, 2.24) is 16.0 Å². The van der Waals surface area contributed by atoms with Crippen LogP contribution in [0.2, 0.25) is 0 Å². The number of aliphatic hydroxyl groups is 2. The number of hydrogen-bond donors (Lipinski definition) is 5. The highest BCUT2D eigenvalue weighted by Crippen LogP contribution is 2.27. The van der Waals surface area contributed by atoms with Gasteiger partial charge in [-0.1, -0.05) is 12.8 Å². The molecule has 3 rings (SSSR count). The van der Waals surface area contributed by atoms with Crippen molar-refractivity contribution in [3.63, 3.8) is 0 Å². The van der Waals surface area contributed by atoms with Crippen LogP contribution in [0.25, 0.3) is 0 Å². The molecule has 3 aliphatic rings. The number of nitrogens with one attached hydrogen (secondary N) is 2. The van der Waals surface area contributed by atoms with Crippen LogP contribution in [0.1, 0.15) is 38.5 Å². The molecule has 0 aromatic carbocycles. The zero-order valence-corrected chi connectivity index (χ0v) is 10.6. The lowest BCUT2D eigenvalue weighted by molar-refractivity contribution is -0.0888. The molecule has 2 saturated carbocycles. The molecule has 2 aliphatic carbocycles. The molecule has 104 valence electrons. The van der Waals surface area contributed by atoms with Crippen LogP contribution in [0.15, 0.2) is 0 Å². The second-order valence-electron chi connectivity index (χ2n) is 5.98. The van der Waals surface area contributed by atoms with Crippen LogP contribution in [0.4, 0.5) is 0 Å². The Bertz CT molecular complexity index is 278. The standard InChI is InChI=1S/C12H24N4O2/c13-7-5-10(17)12(11(18)6-7)16-14-8-3-1-2-4-9(8)15-16/h7-12,14-15,17-18H,1-6,13H2. The van der Waals surface area contributed by atoms with Gasteiger partial charge in [-0.2, -0.15) is 5.12 Å². The topological polar surface area (TPSA) is 93.8 Å². The SMILES string of the molecule is NC1CC(O)C(N2NC3CCCCC3N2)C(O)C1. The molecule has 3 fully saturated rings. The minimum Gasteiger partial charge on any atom is -0.391 e. The first kappa shape index (κ1) is 12.8. The molecule has 6 heteroatoms. The van der Waals surface area contributed by atoms with Crippen LogP contribution in [0.3, 0.4) is 0 Å². The van der Waals surface area contributed by atoms with Crippen molar-refractivity contribution in [2.75, 3.05) is 0 Å². The zero-order chi connectivity index (χ0) is 12.7. The Labute approximate surface area is 107 Å². The van der Waals surface area contributed by atoms with Crippen molar-refractivity contribution in [3.05, 3.63) is 0 Å². The van der Waals surface area contributed by atoms with Crippen LogP contribution in [0.5, 0.6) is 0 Å². The van der Waals surface area contributed by atoms with Gasteiger partial charge < -0.3 is 15.9 Å². The molecule has 1 heterocycles. The molecule has 0 spiro atoms. The van der Waals surface area contributed by atoms with E-state index < -0.39 is 12.2 Å². The van der Waals surface area contributed by atoms with Gasteiger partial charge >= 0.3 is 0 Å². The van der Waals surface area contributed by atoms with E-state index in [0.29, 0.717) is 24.9 Å². The summed E-state index contributed by atoms with van der Waals surface area (Å²) in [6.07, 6.45) is 4.77. The number of hydrazine groups is 2. The van der Waals surface area contributed by atoms with Crippen molar-refractivity contribution in [1.29, 1.82) is 0 Å². The molecule has 0 aromatic heterocycles. The van der Waals surface area contributed by atoms with Gasteiger partial charge in [0.25, 0.3) is 0 Å². The highest BCUT2D eigenvalue weighted by Gasteiger charge is 2.44. The van der Waals surface area contributed by atoms with E-state index in [0.717, 1.165) is 12.8 Å². The van der Waals surface area contributed by atoms with Crippen molar-refractivity contribution in [2.45, 2.75) is 74.9 Å². The van der Waals surface area contributed by atoms with Crippen LogP contribution in [0, 0.1) is 0 Å². The maximum absolute atomic E-state index is 10.1. The van der Waals surface area contributed by atoms with E-state index in [1.807, 2.05) is 5.12 Å². The fourth-order valence-corrected chi connectivity index (χ4v) is 3.60. The molecule has 4 unspecified atom stereocenters. The van der Waals surface area contributed by atoms with Gasteiger partial charge in [0.15, 0.2) is 0 Å². The first-order valence-corrected chi connectivity index (χ1v) is 7.08. The van der Waals surface area contributed by atoms with Crippen molar-refractivity contribution in [3.8, 4) is 0 Å². The molecule has 0 radical (unpaired) electrons. The van der Waals surface area contributed by atoms with Crippen LogP contribution >= 0.6 is 0 Å². The third-order valence-electron chi connectivity index (χ3n) is 4.55. The summed E-state index contributed by atoms with van der Waals surface area (Å²) in [5.41, 5.74) is 12.6. The molecular weight excluding hydrogens is 232 g/mol. The number of aliphatic hydroxyl groups excluding tert-OH is 2. The number of rotatable bonds is 1. The normalized spacial score (nSPS) is 50.2. The van der Waals surface area contributed by atoms with E-state index in [1.54, 1.807) is 0 Å². The fraction of sp³-hybridized carbons (Fsp3) is 1.00. The average molecular weight is 256 g/mol. The van der Waals surface area contributed by atoms with Gasteiger partial charge in [0, 0.05) is 18.1 Å². The molecular formula is C12H24N4O2. The Balaban J connectivity index is 1.67. The van der Waals surface area contributed by atoms with Gasteiger partial charge in [-0.25, -0.2) is 10.9 Å². The maximum Gasteiger partial charge on any atom is 0.0918 e. The summed E-state index contributed by atoms with van der Waals surface area (Å²) in [7, 11) is 0. The summed E-state index contributed by atoms with van der Waals surface area (Å²) >= 11 is 0. The van der Waals surface area contributed by atoms with Gasteiger partial charge in [0.05, 0.1) is 18.2 Å². The van der Waals surface area contributed by atoms with E-state index in [-0.39, 0.29) is 12.1 Å². The lowest BCUT2D eigenvalue weighted by Gasteiger charge is -2.40. The predicted octanol–water partition coefficient (Wildman–Crippen LogP) is -1.17. The van der Waals surface area contributed by atoms with E-state index in [1.165, 1.54) is 12.8 Å². The number of fused-ring (bicyclic) bond motifs is 1. The number of hydrogen-bond acceptors (Lipinski definition) is 6. The first-order valence-electron chi connectivity index (χ1n) is 7.08. The van der Waals surface area contributed by atoms with E-state index in [9.17, 15) is 10.2 Å². The van der Waals surface area contributed by atoms with Gasteiger partial charge in [-0.05, 0) is 25.7 Å². The van der Waals surface area contributed by atoms with Gasteiger partial charge in [0.1, 0.15) is 0 Å². The maximum atomic E-state index is 10.1. The molecule has 0 bridgehead atoms. The minimum absolute atomic E-state index is 0.101. The molecule has 6 N–H and O–H groups in total. The van der Waals surface area contributed by atoms with E-state index >= 15 is 0 Å². The van der Waals surface area contributed by atoms with Crippen LogP contribution < -0.4 is 16.6 Å². The Hall–Kier alpha value is -0.240. The van der Waals surface area contributed by atoms with E-state index in [4.69, 9.17) is 5.73 Å². The van der Waals surface area contributed by atoms with Crippen molar-refractivity contribution < 1.29 is 10.2 Å². The number of nitrogens with zero attached hydrogens (tertiary/aromatic N) is 1. The monoisotopic (exact) mass is 256 g/mol. The lowest BCUT2D eigenvalue weighted by atomic mass is 9.87. The van der Waals surface area contributed by atoms with Gasteiger partial charge in [-0.3, -0.25) is 0 Å². The summed E-state index contributed by atoms with van der Waals surface area (Å²) in [5, 5.41) is 22.1. The predicted molar refractivity (Wildman–Crippen MR) is 67.2 cm³/mol. The van der Waals surface area contributed by atoms with E-state index in [2.05, 4.69) is 10.9 Å². The zero-order valence-electron chi connectivity index (χ0n) is 10.6.